The van der Waals surface area contributed by atoms with E-state index < -0.39 is 11.2 Å². The fourth-order valence-corrected chi connectivity index (χ4v) is 3.19. The molecule has 3 heteroatoms. The van der Waals surface area contributed by atoms with Gasteiger partial charge in [0.15, 0.2) is 0 Å². The van der Waals surface area contributed by atoms with Gasteiger partial charge in [-0.15, -0.1) is 0 Å². The molecular weight excluding hydrogens is 202 g/mol. The van der Waals surface area contributed by atoms with E-state index >= 15 is 0 Å². The first-order chi connectivity index (χ1) is 7.04. The Morgan fingerprint density at radius 3 is 2.06 bits per heavy atom. The van der Waals surface area contributed by atoms with Gasteiger partial charge in [0.1, 0.15) is 5.60 Å². The van der Waals surface area contributed by atoms with Crippen molar-refractivity contribution in [3.63, 3.8) is 0 Å². The molecule has 0 bridgehead atoms. The predicted molar refractivity (Wildman–Crippen MR) is 66.3 cm³/mol. The zero-order valence-electron chi connectivity index (χ0n) is 11.6. The van der Waals surface area contributed by atoms with E-state index in [2.05, 4.69) is 13.8 Å². The summed E-state index contributed by atoms with van der Waals surface area (Å²) in [6.45, 7) is 12.6. The van der Waals surface area contributed by atoms with E-state index in [0.29, 0.717) is 13.0 Å². The summed E-state index contributed by atoms with van der Waals surface area (Å²) in [4.78, 5) is 0. The van der Waals surface area contributed by atoms with Gasteiger partial charge in [-0.05, 0) is 34.1 Å². The summed E-state index contributed by atoms with van der Waals surface area (Å²) in [6.07, 6.45) is 1.48. The second kappa shape index (κ2) is 3.69. The minimum Gasteiger partial charge on any atom is -0.386 e. The quantitative estimate of drug-likeness (QED) is 0.779. The Kier molecular flexibility index (Phi) is 3.21. The summed E-state index contributed by atoms with van der Waals surface area (Å²) < 4.78 is 6.00. The van der Waals surface area contributed by atoms with Gasteiger partial charge in [0, 0.05) is 18.4 Å². The fourth-order valence-electron chi connectivity index (χ4n) is 3.19. The average molecular weight is 229 g/mol. The summed E-state index contributed by atoms with van der Waals surface area (Å²) in [5.41, 5.74) is 3.86. The SMILES string of the molecule is CCC(C)(CN)C1(O)CC(C)(C)OC1(C)C. The lowest BCUT2D eigenvalue weighted by Crippen LogP contribution is -2.60. The molecule has 1 saturated heterocycles. The third-order valence-electron chi connectivity index (χ3n) is 4.44. The van der Waals surface area contributed by atoms with E-state index in [1.54, 1.807) is 0 Å². The Balaban J connectivity index is 3.18. The Morgan fingerprint density at radius 1 is 1.31 bits per heavy atom. The van der Waals surface area contributed by atoms with Gasteiger partial charge in [0.25, 0.3) is 0 Å². The Labute approximate surface area is 99.4 Å². The van der Waals surface area contributed by atoms with Crippen LogP contribution in [0.3, 0.4) is 0 Å². The van der Waals surface area contributed by atoms with Crippen LogP contribution in [-0.4, -0.2) is 28.5 Å². The van der Waals surface area contributed by atoms with E-state index in [4.69, 9.17) is 10.5 Å². The molecule has 0 aliphatic carbocycles. The van der Waals surface area contributed by atoms with Crippen LogP contribution >= 0.6 is 0 Å². The molecule has 1 fully saturated rings. The van der Waals surface area contributed by atoms with Crippen molar-refractivity contribution < 1.29 is 9.84 Å². The van der Waals surface area contributed by atoms with Gasteiger partial charge in [0.2, 0.25) is 0 Å². The summed E-state index contributed by atoms with van der Waals surface area (Å²) in [5, 5.41) is 11.1. The molecule has 1 aliphatic rings. The molecule has 0 spiro atoms. The van der Waals surface area contributed by atoms with Crippen LogP contribution < -0.4 is 5.73 Å². The molecule has 1 heterocycles. The van der Waals surface area contributed by atoms with E-state index in [0.717, 1.165) is 6.42 Å². The van der Waals surface area contributed by atoms with Crippen molar-refractivity contribution in [2.75, 3.05) is 6.54 Å². The van der Waals surface area contributed by atoms with Crippen molar-refractivity contribution in [3.05, 3.63) is 0 Å². The molecule has 0 aromatic rings. The lowest BCUT2D eigenvalue weighted by atomic mass is 9.62. The maximum absolute atomic E-state index is 11.1. The summed E-state index contributed by atoms with van der Waals surface area (Å²) >= 11 is 0. The lowest BCUT2D eigenvalue weighted by Gasteiger charge is -2.48. The van der Waals surface area contributed by atoms with Crippen molar-refractivity contribution in [2.45, 2.75) is 71.2 Å². The van der Waals surface area contributed by atoms with Crippen molar-refractivity contribution in [1.82, 2.24) is 0 Å². The molecule has 0 saturated carbocycles. The van der Waals surface area contributed by atoms with Crippen molar-refractivity contribution in [2.24, 2.45) is 11.1 Å². The highest BCUT2D eigenvalue weighted by atomic mass is 16.5. The molecule has 16 heavy (non-hydrogen) atoms. The highest BCUT2D eigenvalue weighted by Crippen LogP contribution is 2.54. The lowest BCUT2D eigenvalue weighted by molar-refractivity contribution is -0.173. The predicted octanol–water partition coefficient (Wildman–Crippen LogP) is 2.07. The second-order valence-corrected chi connectivity index (χ2v) is 6.53. The third-order valence-corrected chi connectivity index (χ3v) is 4.44. The van der Waals surface area contributed by atoms with Crippen LogP contribution in [0.25, 0.3) is 0 Å². The third kappa shape index (κ3) is 1.79. The number of ether oxygens (including phenoxy) is 1. The number of rotatable bonds is 3. The fraction of sp³-hybridized carbons (Fsp3) is 1.00. The topological polar surface area (TPSA) is 55.5 Å². The van der Waals surface area contributed by atoms with Crippen LogP contribution in [0.15, 0.2) is 0 Å². The van der Waals surface area contributed by atoms with E-state index in [1.807, 2.05) is 27.7 Å². The number of aliphatic hydroxyl groups is 1. The summed E-state index contributed by atoms with van der Waals surface area (Å²) in [5.74, 6) is 0. The minimum absolute atomic E-state index is 0.288. The first kappa shape index (κ1) is 13.9. The molecule has 0 amide bonds. The molecule has 0 radical (unpaired) electrons. The van der Waals surface area contributed by atoms with E-state index in [9.17, 15) is 5.11 Å². The van der Waals surface area contributed by atoms with E-state index in [-0.39, 0.29) is 11.0 Å². The van der Waals surface area contributed by atoms with Crippen LogP contribution in [0, 0.1) is 5.41 Å². The average Bonchev–Trinajstić information content (AvgIpc) is 2.30. The van der Waals surface area contributed by atoms with Gasteiger partial charge in [-0.1, -0.05) is 13.8 Å². The number of nitrogens with two attached hydrogens (primary N) is 1. The van der Waals surface area contributed by atoms with Crippen LogP contribution in [0.5, 0.6) is 0 Å². The molecule has 1 rings (SSSR count). The second-order valence-electron chi connectivity index (χ2n) is 6.53. The monoisotopic (exact) mass is 229 g/mol. The van der Waals surface area contributed by atoms with Gasteiger partial charge in [0.05, 0.1) is 11.2 Å². The van der Waals surface area contributed by atoms with Crippen LogP contribution in [-0.2, 0) is 4.74 Å². The van der Waals surface area contributed by atoms with Gasteiger partial charge in [-0.3, -0.25) is 0 Å². The molecule has 2 atom stereocenters. The van der Waals surface area contributed by atoms with Gasteiger partial charge in [-0.2, -0.15) is 0 Å². The van der Waals surface area contributed by atoms with Crippen LogP contribution in [0.4, 0.5) is 0 Å². The van der Waals surface area contributed by atoms with Crippen molar-refractivity contribution >= 4 is 0 Å². The summed E-state index contributed by atoms with van der Waals surface area (Å²) in [7, 11) is 0. The minimum atomic E-state index is -0.868. The van der Waals surface area contributed by atoms with Crippen LogP contribution in [0.1, 0.15) is 54.4 Å². The first-order valence-electron chi connectivity index (χ1n) is 6.16. The molecule has 2 unspecified atom stereocenters. The maximum atomic E-state index is 11.1. The normalized spacial score (nSPS) is 36.0. The molecule has 96 valence electrons. The Bertz CT molecular complexity index is 269. The number of hydrogen-bond acceptors (Lipinski definition) is 3. The van der Waals surface area contributed by atoms with Gasteiger partial charge >= 0.3 is 0 Å². The maximum Gasteiger partial charge on any atom is 0.102 e. The zero-order valence-corrected chi connectivity index (χ0v) is 11.6. The Hall–Kier alpha value is -0.120. The first-order valence-corrected chi connectivity index (χ1v) is 6.16. The smallest absolute Gasteiger partial charge is 0.102 e. The zero-order chi connectivity index (χ0) is 12.8. The Morgan fingerprint density at radius 2 is 1.81 bits per heavy atom. The summed E-state index contributed by atoms with van der Waals surface area (Å²) in [6, 6.07) is 0. The molecule has 1 aliphatic heterocycles. The molecular formula is C13H27NO2. The van der Waals surface area contributed by atoms with Gasteiger partial charge in [-0.25, -0.2) is 0 Å². The molecule has 3 nitrogen and oxygen atoms in total. The van der Waals surface area contributed by atoms with Crippen molar-refractivity contribution in [3.8, 4) is 0 Å². The molecule has 3 N–H and O–H groups in total. The van der Waals surface area contributed by atoms with E-state index in [1.165, 1.54) is 0 Å². The standard InChI is InChI=1S/C13H27NO2/c1-7-12(6,9-14)13(15)8-10(2,3)16-11(13,4)5/h15H,7-9,14H2,1-6H3. The highest BCUT2D eigenvalue weighted by molar-refractivity contribution is 5.13. The van der Waals surface area contributed by atoms with Gasteiger partial charge < -0.3 is 15.6 Å². The number of hydrogen-bond donors (Lipinski definition) is 2. The van der Waals surface area contributed by atoms with Crippen LogP contribution in [0.2, 0.25) is 0 Å². The molecule has 0 aromatic heterocycles. The highest BCUT2D eigenvalue weighted by Gasteiger charge is 2.63. The van der Waals surface area contributed by atoms with Crippen molar-refractivity contribution in [1.29, 1.82) is 0 Å². The molecule has 0 aromatic carbocycles. The largest absolute Gasteiger partial charge is 0.386 e.